The number of nitrogens with zero attached hydrogens (tertiary/aromatic N) is 1. The second-order valence-electron chi connectivity index (χ2n) is 9.84. The van der Waals surface area contributed by atoms with Gasteiger partial charge in [0.15, 0.2) is 6.23 Å². The minimum absolute atomic E-state index is 0.158. The third-order valence-corrected chi connectivity index (χ3v) is 7.38. The van der Waals surface area contributed by atoms with E-state index in [1.807, 2.05) is 78.9 Å². The molecule has 3 N–H and O–H groups in total. The highest BCUT2D eigenvalue weighted by atomic mass is 16.6. The molecule has 2 heterocycles. The van der Waals surface area contributed by atoms with Crippen LogP contribution >= 0.6 is 0 Å². The molecule has 4 atom stereocenters. The number of aromatic amines is 1. The number of hydrogen-bond donors (Lipinski definition) is 3. The Hall–Kier alpha value is -4.22. The summed E-state index contributed by atoms with van der Waals surface area (Å²) in [5, 5.41) is 22.5. The maximum atomic E-state index is 12.5. The summed E-state index contributed by atoms with van der Waals surface area (Å²) < 4.78 is 24.6. The van der Waals surface area contributed by atoms with Gasteiger partial charge in [0.25, 0.3) is 5.56 Å². The molecule has 0 saturated carbocycles. The smallest absolute Gasteiger partial charge is 0.330 e. The van der Waals surface area contributed by atoms with Gasteiger partial charge in [0.1, 0.15) is 35.4 Å². The van der Waals surface area contributed by atoms with Crippen molar-refractivity contribution in [1.82, 2.24) is 9.55 Å². The van der Waals surface area contributed by atoms with Crippen LogP contribution in [-0.4, -0.2) is 58.9 Å². The van der Waals surface area contributed by atoms with Gasteiger partial charge in [0.05, 0.1) is 20.8 Å². The summed E-state index contributed by atoms with van der Waals surface area (Å²) in [5.41, 5.74) is -0.0394. The summed E-state index contributed by atoms with van der Waals surface area (Å²) in [6.45, 7) is 1.37. The number of aryl methyl sites for hydroxylation is 1. The summed E-state index contributed by atoms with van der Waals surface area (Å²) in [6.07, 6.45) is -3.96. The van der Waals surface area contributed by atoms with Crippen LogP contribution in [0.2, 0.25) is 0 Å². The number of nitrogens with one attached hydrogen (secondary N) is 1. The molecule has 1 aliphatic heterocycles. The van der Waals surface area contributed by atoms with Gasteiger partial charge in [-0.3, -0.25) is 14.3 Å². The maximum absolute atomic E-state index is 12.5. The van der Waals surface area contributed by atoms with Gasteiger partial charge in [-0.15, -0.1) is 0 Å². The third kappa shape index (κ3) is 5.30. The summed E-state index contributed by atoms with van der Waals surface area (Å²) >= 11 is 0. The Balaban J connectivity index is 1.60. The number of H-pyrrole nitrogens is 1. The van der Waals surface area contributed by atoms with Crippen molar-refractivity contribution in [1.29, 1.82) is 0 Å². The highest BCUT2D eigenvalue weighted by Crippen LogP contribution is 2.44. The molecule has 41 heavy (non-hydrogen) atoms. The Labute approximate surface area is 236 Å². The number of benzene rings is 3. The monoisotopic (exact) mass is 560 g/mol. The quantitative estimate of drug-likeness (QED) is 0.280. The molecule has 0 bridgehead atoms. The van der Waals surface area contributed by atoms with E-state index in [9.17, 15) is 19.8 Å². The van der Waals surface area contributed by atoms with Gasteiger partial charge in [0.2, 0.25) is 0 Å². The van der Waals surface area contributed by atoms with Crippen molar-refractivity contribution in [3.05, 3.63) is 128 Å². The average Bonchev–Trinajstić information content (AvgIpc) is 3.01. The van der Waals surface area contributed by atoms with E-state index in [1.165, 1.54) is 13.1 Å². The predicted molar refractivity (Wildman–Crippen MR) is 150 cm³/mol. The van der Waals surface area contributed by atoms with Gasteiger partial charge in [-0.05, 0) is 47.9 Å². The molecule has 5 rings (SSSR count). The molecular formula is C31H32N2O8. The fraction of sp³-hybridized carbons (Fsp3) is 0.290. The van der Waals surface area contributed by atoms with Crippen molar-refractivity contribution >= 4 is 0 Å². The molecule has 1 saturated heterocycles. The van der Waals surface area contributed by atoms with Crippen molar-refractivity contribution < 1.29 is 29.2 Å². The van der Waals surface area contributed by atoms with Gasteiger partial charge in [-0.2, -0.15) is 0 Å². The van der Waals surface area contributed by atoms with E-state index < -0.39 is 41.4 Å². The van der Waals surface area contributed by atoms with Crippen LogP contribution in [0.5, 0.6) is 11.5 Å². The van der Waals surface area contributed by atoms with E-state index in [4.69, 9.17) is 18.9 Å². The van der Waals surface area contributed by atoms with Crippen LogP contribution in [-0.2, 0) is 15.1 Å². The van der Waals surface area contributed by atoms with E-state index in [2.05, 4.69) is 4.98 Å². The number of hydrogen-bond acceptors (Lipinski definition) is 8. The van der Waals surface area contributed by atoms with Gasteiger partial charge in [0, 0.05) is 11.8 Å². The first-order valence-electron chi connectivity index (χ1n) is 13.1. The average molecular weight is 561 g/mol. The number of methoxy groups -OCH3 is 2. The van der Waals surface area contributed by atoms with E-state index >= 15 is 0 Å². The predicted octanol–water partition coefficient (Wildman–Crippen LogP) is 2.49. The minimum atomic E-state index is -1.54. The van der Waals surface area contributed by atoms with Crippen LogP contribution < -0.4 is 20.7 Å². The molecule has 0 spiro atoms. The number of aromatic nitrogens is 2. The highest BCUT2D eigenvalue weighted by molar-refractivity contribution is 5.50. The molecule has 3 aromatic carbocycles. The number of rotatable bonds is 8. The molecule has 0 amide bonds. The van der Waals surface area contributed by atoms with Crippen LogP contribution in [0.1, 0.15) is 28.5 Å². The number of ether oxygens (including phenoxy) is 4. The zero-order valence-electron chi connectivity index (χ0n) is 22.9. The lowest BCUT2D eigenvalue weighted by atomic mass is 9.79. The molecule has 1 aromatic heterocycles. The second kappa shape index (κ2) is 11.7. The van der Waals surface area contributed by atoms with Crippen molar-refractivity contribution in [2.45, 2.75) is 37.1 Å². The molecule has 0 aliphatic carbocycles. The lowest BCUT2D eigenvalue weighted by Gasteiger charge is -2.44. The van der Waals surface area contributed by atoms with Crippen molar-refractivity contribution in [3.8, 4) is 11.5 Å². The van der Waals surface area contributed by atoms with Crippen LogP contribution in [0.4, 0.5) is 0 Å². The van der Waals surface area contributed by atoms with Crippen LogP contribution in [0, 0.1) is 6.92 Å². The first-order valence-corrected chi connectivity index (χ1v) is 13.1. The van der Waals surface area contributed by atoms with Gasteiger partial charge in [-0.1, -0.05) is 54.6 Å². The van der Waals surface area contributed by atoms with Gasteiger partial charge in [-0.25, -0.2) is 4.79 Å². The third-order valence-electron chi connectivity index (χ3n) is 7.38. The Morgan fingerprint density at radius 2 is 1.37 bits per heavy atom. The zero-order chi connectivity index (χ0) is 29.1. The fourth-order valence-corrected chi connectivity index (χ4v) is 5.16. The standard InChI is InChI=1S/C31H32N2O8/c1-19-17-33(30(37)32-28(19)36)29-27(35)26(34)25(18-40-29)41-31(20-7-5-4-6-8-20,21-9-13-23(38-2)14-10-21)22-11-15-24(39-3)16-12-22/h4-17,25-27,29,34-35H,18H2,1-3H3,(H,32,36,37)/t25-,26-,27-,29-/m1/s1. The second-order valence-corrected chi connectivity index (χ2v) is 9.84. The highest BCUT2D eigenvalue weighted by Gasteiger charge is 2.47. The van der Waals surface area contributed by atoms with Crippen molar-refractivity contribution in [3.63, 3.8) is 0 Å². The Morgan fingerprint density at radius 1 is 0.829 bits per heavy atom. The van der Waals surface area contributed by atoms with E-state index in [-0.39, 0.29) is 12.2 Å². The molecule has 1 aliphatic rings. The topological polar surface area (TPSA) is 132 Å². The van der Waals surface area contributed by atoms with Crippen molar-refractivity contribution in [2.75, 3.05) is 20.8 Å². The molecule has 0 unspecified atom stereocenters. The lowest BCUT2D eigenvalue weighted by molar-refractivity contribution is -0.241. The Kier molecular flexibility index (Phi) is 8.09. The number of aliphatic hydroxyl groups excluding tert-OH is 2. The normalized spacial score (nSPS) is 20.9. The molecule has 1 fully saturated rings. The van der Waals surface area contributed by atoms with Crippen molar-refractivity contribution in [2.24, 2.45) is 0 Å². The molecule has 0 radical (unpaired) electrons. The van der Waals surface area contributed by atoms with E-state index in [1.54, 1.807) is 14.2 Å². The summed E-state index contributed by atoms with van der Waals surface area (Å²) in [4.78, 5) is 26.6. The SMILES string of the molecule is COc1ccc(C(O[C@@H]2CO[C@@H](n3cc(C)c(=O)[nH]c3=O)[C@H](O)[C@@H]2O)(c2ccccc2)c2ccc(OC)cc2)cc1. The summed E-state index contributed by atoms with van der Waals surface area (Å²) in [6, 6.07) is 24.4. The van der Waals surface area contributed by atoms with E-state index in [0.717, 1.165) is 21.3 Å². The first kappa shape index (κ1) is 28.3. The molecule has 214 valence electrons. The molecular weight excluding hydrogens is 528 g/mol. The van der Waals surface area contributed by atoms with E-state index in [0.29, 0.717) is 11.5 Å². The minimum Gasteiger partial charge on any atom is -0.497 e. The number of aliphatic hydroxyl groups is 2. The molecule has 4 aromatic rings. The first-order chi connectivity index (χ1) is 19.8. The zero-order valence-corrected chi connectivity index (χ0v) is 22.9. The Morgan fingerprint density at radius 3 is 1.90 bits per heavy atom. The molecule has 10 heteroatoms. The van der Waals surface area contributed by atoms with Crippen LogP contribution in [0.25, 0.3) is 0 Å². The van der Waals surface area contributed by atoms with Crippen LogP contribution in [0.15, 0.2) is 94.6 Å². The molecule has 10 nitrogen and oxygen atoms in total. The van der Waals surface area contributed by atoms with Gasteiger partial charge >= 0.3 is 5.69 Å². The summed E-state index contributed by atoms with van der Waals surface area (Å²) in [7, 11) is 3.17. The lowest BCUT2D eigenvalue weighted by Crippen LogP contribution is -2.56. The van der Waals surface area contributed by atoms with Crippen LogP contribution in [0.3, 0.4) is 0 Å². The fourth-order valence-electron chi connectivity index (χ4n) is 5.16. The Bertz CT molecular complexity index is 1530. The van der Waals surface area contributed by atoms with Gasteiger partial charge < -0.3 is 29.2 Å². The largest absolute Gasteiger partial charge is 0.497 e. The maximum Gasteiger partial charge on any atom is 0.330 e. The summed E-state index contributed by atoms with van der Waals surface area (Å²) in [5.74, 6) is 1.32.